The van der Waals surface area contributed by atoms with Crippen LogP contribution in [-0.4, -0.2) is 41.5 Å². The third-order valence-electron chi connectivity index (χ3n) is 3.34. The first kappa shape index (κ1) is 24.2. The third-order valence-corrected chi connectivity index (χ3v) is 3.34. The van der Waals surface area contributed by atoms with Crippen molar-refractivity contribution < 1.29 is 55.3 Å². The van der Waals surface area contributed by atoms with Crippen LogP contribution in [0.5, 0.6) is 0 Å². The molecule has 0 bridgehead atoms. The van der Waals surface area contributed by atoms with Gasteiger partial charge in [-0.25, -0.2) is 9.59 Å². The van der Waals surface area contributed by atoms with Gasteiger partial charge in [0.15, 0.2) is 0 Å². The molecule has 12 heteroatoms. The second-order valence-corrected chi connectivity index (χ2v) is 6.81. The van der Waals surface area contributed by atoms with Crippen molar-refractivity contribution >= 4 is 17.9 Å². The molecule has 0 saturated heterocycles. The number of carbonyl (C=O) groups excluding carboxylic acids is 3. The molecule has 0 fully saturated rings. The van der Waals surface area contributed by atoms with E-state index in [9.17, 15) is 45.8 Å². The molecule has 0 aliphatic heterocycles. The Morgan fingerprint density at radius 1 is 0.828 bits per heavy atom. The van der Waals surface area contributed by atoms with Crippen LogP contribution < -0.4 is 5.11 Å². The maximum absolute atomic E-state index is 13.2. The van der Waals surface area contributed by atoms with Crippen LogP contribution in [0, 0.1) is 0 Å². The summed E-state index contributed by atoms with van der Waals surface area (Å²) in [5.74, 6) is -6.19. The topological polar surface area (TPSA) is 92.7 Å². The maximum atomic E-state index is 13.2. The van der Waals surface area contributed by atoms with E-state index in [0.717, 1.165) is 18.2 Å². The molecule has 0 aliphatic rings. The molecule has 0 aliphatic carbocycles. The second-order valence-electron chi connectivity index (χ2n) is 6.81. The summed E-state index contributed by atoms with van der Waals surface area (Å²) in [7, 11) is 0. The van der Waals surface area contributed by atoms with E-state index in [2.05, 4.69) is 4.74 Å². The number of carboxylic acids is 1. The molecular weight excluding hydrogens is 414 g/mol. The molecule has 0 radical (unpaired) electrons. The molecule has 1 aromatic carbocycles. The van der Waals surface area contributed by atoms with E-state index in [-0.39, 0.29) is 0 Å². The Bertz CT molecular complexity index is 777. The number of rotatable bonds is 5. The average Bonchev–Trinajstić information content (AvgIpc) is 2.49. The molecule has 29 heavy (non-hydrogen) atoms. The molecule has 6 nitrogen and oxygen atoms in total. The Labute approximate surface area is 160 Å². The predicted octanol–water partition coefficient (Wildman–Crippen LogP) is 2.80. The average molecular weight is 429 g/mol. The summed E-state index contributed by atoms with van der Waals surface area (Å²) < 4.78 is 87.9. The van der Waals surface area contributed by atoms with Crippen LogP contribution in [-0.2, 0) is 14.3 Å². The van der Waals surface area contributed by atoms with Crippen LogP contribution in [0.15, 0.2) is 24.3 Å². The fourth-order valence-electron chi connectivity index (χ4n) is 2.10. The minimum atomic E-state index is -6.35. The molecule has 162 valence electrons. The minimum Gasteiger partial charge on any atom is -0.550 e. The van der Waals surface area contributed by atoms with E-state index in [0.29, 0.717) is 0 Å². The SMILES string of the molecule is CC(C)(C)OC(=O)c1ccccc1C(=O)OC(CC(=O)[O-])(C(F)(F)F)C(F)(F)F. The van der Waals surface area contributed by atoms with Crippen LogP contribution in [0.25, 0.3) is 0 Å². The van der Waals surface area contributed by atoms with Gasteiger partial charge in [-0.1, -0.05) is 12.1 Å². The number of halogens is 6. The largest absolute Gasteiger partial charge is 0.550 e. The van der Waals surface area contributed by atoms with Crippen molar-refractivity contribution in [1.82, 2.24) is 0 Å². The van der Waals surface area contributed by atoms with Crippen molar-refractivity contribution in [3.05, 3.63) is 35.4 Å². The third kappa shape index (κ3) is 5.61. The number of aliphatic carboxylic acids is 1. The van der Waals surface area contributed by atoms with Gasteiger partial charge in [-0.15, -0.1) is 0 Å². The lowest BCUT2D eigenvalue weighted by molar-refractivity contribution is -0.377. The fourth-order valence-corrected chi connectivity index (χ4v) is 2.10. The normalized spacial score (nSPS) is 13.0. The van der Waals surface area contributed by atoms with Gasteiger partial charge in [-0.2, -0.15) is 26.3 Å². The molecule has 0 amide bonds. The van der Waals surface area contributed by atoms with Gasteiger partial charge in [0.2, 0.25) is 0 Å². The zero-order valence-corrected chi connectivity index (χ0v) is 15.2. The number of ether oxygens (including phenoxy) is 2. The number of esters is 2. The Balaban J connectivity index is 3.47. The number of alkyl halides is 6. The van der Waals surface area contributed by atoms with Gasteiger partial charge in [-0.05, 0) is 32.9 Å². The molecule has 1 rings (SSSR count). The lowest BCUT2D eigenvalue weighted by atomic mass is 9.97. The van der Waals surface area contributed by atoms with Crippen LogP contribution in [0.2, 0.25) is 0 Å². The lowest BCUT2D eigenvalue weighted by Gasteiger charge is -2.36. The Morgan fingerprint density at radius 3 is 1.52 bits per heavy atom. The summed E-state index contributed by atoms with van der Waals surface area (Å²) in [6.07, 6.45) is -15.4. The van der Waals surface area contributed by atoms with Crippen molar-refractivity contribution in [3.8, 4) is 0 Å². The summed E-state index contributed by atoms with van der Waals surface area (Å²) in [5.41, 5.74) is -8.11. The number of carboxylic acid groups (broad SMARTS) is 1. The first-order valence-corrected chi connectivity index (χ1v) is 7.80. The van der Waals surface area contributed by atoms with Crippen molar-refractivity contribution in [1.29, 1.82) is 0 Å². The minimum absolute atomic E-state index is 0.667. The summed E-state index contributed by atoms with van der Waals surface area (Å²) in [6.45, 7) is 4.30. The first-order chi connectivity index (χ1) is 12.9. The number of carbonyl (C=O) groups is 3. The highest BCUT2D eigenvalue weighted by Gasteiger charge is 2.74. The summed E-state index contributed by atoms with van der Waals surface area (Å²) in [6, 6.07) is 3.88. The lowest BCUT2D eigenvalue weighted by Crippen LogP contribution is -2.61. The van der Waals surface area contributed by atoms with Crippen LogP contribution in [0.3, 0.4) is 0 Å². The number of benzene rings is 1. The molecule has 0 atom stereocenters. The van der Waals surface area contributed by atoms with Crippen LogP contribution in [0.4, 0.5) is 26.3 Å². The van der Waals surface area contributed by atoms with E-state index in [1.165, 1.54) is 26.8 Å². The monoisotopic (exact) mass is 429 g/mol. The van der Waals surface area contributed by atoms with Crippen LogP contribution in [0.1, 0.15) is 47.9 Å². The summed E-state index contributed by atoms with van der Waals surface area (Å²) in [4.78, 5) is 34.9. The molecule has 0 saturated carbocycles. The summed E-state index contributed by atoms with van der Waals surface area (Å²) >= 11 is 0. The Kier molecular flexibility index (Phi) is 6.62. The van der Waals surface area contributed by atoms with Crippen LogP contribution >= 0.6 is 0 Å². The second kappa shape index (κ2) is 7.91. The van der Waals surface area contributed by atoms with Gasteiger partial charge in [-0.3, -0.25) is 0 Å². The predicted molar refractivity (Wildman–Crippen MR) is 81.5 cm³/mol. The van der Waals surface area contributed by atoms with Crippen molar-refractivity contribution in [2.45, 2.75) is 50.7 Å². The highest BCUT2D eigenvalue weighted by atomic mass is 19.4. The fraction of sp³-hybridized carbons (Fsp3) is 0.471. The van der Waals surface area contributed by atoms with Gasteiger partial charge in [0, 0.05) is 12.4 Å². The smallest absolute Gasteiger partial charge is 0.437 e. The quantitative estimate of drug-likeness (QED) is 0.528. The van der Waals surface area contributed by atoms with E-state index in [1.54, 1.807) is 0 Å². The number of hydrogen-bond donors (Lipinski definition) is 0. The Hall–Kier alpha value is -2.79. The van der Waals surface area contributed by atoms with E-state index in [4.69, 9.17) is 4.74 Å². The first-order valence-electron chi connectivity index (χ1n) is 7.80. The molecule has 0 N–H and O–H groups in total. The van der Waals surface area contributed by atoms with E-state index in [1.807, 2.05) is 0 Å². The highest BCUT2D eigenvalue weighted by Crippen LogP contribution is 2.48. The van der Waals surface area contributed by atoms with Crippen molar-refractivity contribution in [2.24, 2.45) is 0 Å². The summed E-state index contributed by atoms with van der Waals surface area (Å²) in [5, 5.41) is 10.6. The number of hydrogen-bond acceptors (Lipinski definition) is 6. The van der Waals surface area contributed by atoms with Crippen molar-refractivity contribution in [2.75, 3.05) is 0 Å². The molecule has 0 aromatic heterocycles. The van der Waals surface area contributed by atoms with Gasteiger partial charge < -0.3 is 19.4 Å². The van der Waals surface area contributed by atoms with Crippen molar-refractivity contribution in [3.63, 3.8) is 0 Å². The molecule has 0 unspecified atom stereocenters. The maximum Gasteiger partial charge on any atom is 0.437 e. The van der Waals surface area contributed by atoms with Gasteiger partial charge in [0.1, 0.15) is 5.60 Å². The molecule has 0 spiro atoms. The zero-order valence-electron chi connectivity index (χ0n) is 15.2. The van der Waals surface area contributed by atoms with Gasteiger partial charge in [0.25, 0.3) is 0 Å². The molecule has 0 heterocycles. The van der Waals surface area contributed by atoms with E-state index < -0.39 is 59.0 Å². The van der Waals surface area contributed by atoms with Gasteiger partial charge in [0.05, 0.1) is 11.1 Å². The van der Waals surface area contributed by atoms with E-state index >= 15 is 0 Å². The zero-order chi connectivity index (χ0) is 22.8. The molecular formula is C17H15F6O6-. The Morgan fingerprint density at radius 2 is 1.21 bits per heavy atom. The van der Waals surface area contributed by atoms with Gasteiger partial charge >= 0.3 is 29.9 Å². The molecule has 1 aromatic rings. The highest BCUT2D eigenvalue weighted by molar-refractivity contribution is 6.03. The standard InChI is InChI=1S/C17H16F6O6/c1-14(2,3)28-12(26)9-6-4-5-7-10(9)13(27)29-15(8-11(24)25,16(18,19)20)17(21,22)23/h4-7H,8H2,1-3H3,(H,24,25)/p-1.